The highest BCUT2D eigenvalue weighted by atomic mass is 32.1. The number of nitrogens with one attached hydrogen (secondary N) is 1. The van der Waals surface area contributed by atoms with Crippen LogP contribution in [-0.4, -0.2) is 42.5 Å². The van der Waals surface area contributed by atoms with E-state index in [1.54, 1.807) is 6.20 Å². The number of hydrogen-bond acceptors (Lipinski definition) is 4. The number of hydrogen-bond donors (Lipinski definition) is 1. The fourth-order valence-electron chi connectivity index (χ4n) is 2.09. The molecule has 16 heavy (non-hydrogen) atoms. The van der Waals surface area contributed by atoms with E-state index >= 15 is 0 Å². The van der Waals surface area contributed by atoms with E-state index in [1.807, 2.05) is 18.9 Å². The molecule has 4 nitrogen and oxygen atoms in total. The van der Waals surface area contributed by atoms with Crippen LogP contribution in [0.4, 0.5) is 0 Å². The second-order valence-corrected chi connectivity index (χ2v) is 5.44. The van der Waals surface area contributed by atoms with Crippen molar-refractivity contribution in [3.05, 3.63) is 16.1 Å². The van der Waals surface area contributed by atoms with Crippen LogP contribution in [0.25, 0.3) is 0 Å². The summed E-state index contributed by atoms with van der Waals surface area (Å²) in [7, 11) is 1.96. The van der Waals surface area contributed by atoms with Gasteiger partial charge in [0.05, 0.1) is 11.2 Å². The quantitative estimate of drug-likeness (QED) is 0.860. The number of carbonyl (C=O) groups excluding carboxylic acids is 1. The van der Waals surface area contributed by atoms with E-state index in [-0.39, 0.29) is 5.91 Å². The Balaban J connectivity index is 1.97. The molecule has 1 aromatic heterocycles. The normalized spacial score (nSPS) is 20.4. The van der Waals surface area contributed by atoms with Crippen molar-refractivity contribution in [3.63, 3.8) is 0 Å². The highest BCUT2D eigenvalue weighted by Gasteiger charge is 2.27. The first-order chi connectivity index (χ1) is 7.70. The zero-order valence-corrected chi connectivity index (χ0v) is 10.5. The Morgan fingerprint density at radius 1 is 1.75 bits per heavy atom. The maximum Gasteiger partial charge on any atom is 0.265 e. The van der Waals surface area contributed by atoms with Crippen molar-refractivity contribution in [2.24, 2.45) is 5.92 Å². The molecule has 0 saturated carbocycles. The van der Waals surface area contributed by atoms with Crippen LogP contribution in [0.1, 0.15) is 21.1 Å². The van der Waals surface area contributed by atoms with Gasteiger partial charge in [0, 0.05) is 13.1 Å². The van der Waals surface area contributed by atoms with Crippen LogP contribution in [0.5, 0.6) is 0 Å². The Morgan fingerprint density at radius 3 is 3.19 bits per heavy atom. The number of aromatic nitrogens is 1. The van der Waals surface area contributed by atoms with E-state index in [4.69, 9.17) is 0 Å². The van der Waals surface area contributed by atoms with Crippen LogP contribution in [-0.2, 0) is 0 Å². The van der Waals surface area contributed by atoms with Gasteiger partial charge in [-0.25, -0.2) is 4.98 Å². The molecule has 1 aliphatic rings. The minimum absolute atomic E-state index is 0.143. The fourth-order valence-corrected chi connectivity index (χ4v) is 2.83. The maximum atomic E-state index is 12.1. The zero-order valence-electron chi connectivity index (χ0n) is 9.69. The van der Waals surface area contributed by atoms with Gasteiger partial charge in [0.25, 0.3) is 5.91 Å². The smallest absolute Gasteiger partial charge is 0.265 e. The van der Waals surface area contributed by atoms with Crippen molar-refractivity contribution in [2.45, 2.75) is 13.3 Å². The van der Waals surface area contributed by atoms with Gasteiger partial charge >= 0.3 is 0 Å². The molecular weight excluding hydrogens is 222 g/mol. The van der Waals surface area contributed by atoms with Gasteiger partial charge in [0.2, 0.25) is 0 Å². The highest BCUT2D eigenvalue weighted by Crippen LogP contribution is 2.20. The largest absolute Gasteiger partial charge is 0.338 e. The minimum atomic E-state index is 0.143. The average Bonchev–Trinajstić information content (AvgIpc) is 2.87. The van der Waals surface area contributed by atoms with E-state index in [9.17, 15) is 4.79 Å². The standard InChI is InChI=1S/C11H17N3OS/c1-8-13-6-10(16-8)11(15)14-4-3-9(7-14)5-12-2/h6,9,12H,3-5,7H2,1-2H3. The fraction of sp³-hybridized carbons (Fsp3) is 0.636. The van der Waals surface area contributed by atoms with Crippen molar-refractivity contribution in [3.8, 4) is 0 Å². The lowest BCUT2D eigenvalue weighted by Crippen LogP contribution is -2.29. The first kappa shape index (κ1) is 11.5. The lowest BCUT2D eigenvalue weighted by atomic mass is 10.1. The third kappa shape index (κ3) is 2.41. The Hall–Kier alpha value is -0.940. The summed E-state index contributed by atoms with van der Waals surface area (Å²) in [5.74, 6) is 0.743. The molecule has 0 spiro atoms. The predicted octanol–water partition coefficient (Wildman–Crippen LogP) is 1.13. The molecule has 1 N–H and O–H groups in total. The van der Waals surface area contributed by atoms with Crippen molar-refractivity contribution >= 4 is 17.2 Å². The SMILES string of the molecule is CNCC1CCN(C(=O)c2cnc(C)s2)C1. The highest BCUT2D eigenvalue weighted by molar-refractivity contribution is 7.13. The van der Waals surface area contributed by atoms with Gasteiger partial charge in [0.1, 0.15) is 4.88 Å². The van der Waals surface area contributed by atoms with Crippen molar-refractivity contribution in [1.82, 2.24) is 15.2 Å². The molecule has 2 rings (SSSR count). The lowest BCUT2D eigenvalue weighted by Gasteiger charge is -2.15. The monoisotopic (exact) mass is 239 g/mol. The van der Waals surface area contributed by atoms with Crippen LogP contribution in [0.15, 0.2) is 6.20 Å². The molecule has 0 aliphatic carbocycles. The Morgan fingerprint density at radius 2 is 2.56 bits per heavy atom. The van der Waals surface area contributed by atoms with Gasteiger partial charge in [-0.3, -0.25) is 4.79 Å². The van der Waals surface area contributed by atoms with Gasteiger partial charge in [0.15, 0.2) is 0 Å². The average molecular weight is 239 g/mol. The molecule has 1 fully saturated rings. The second kappa shape index (κ2) is 4.93. The van der Waals surface area contributed by atoms with Crippen LogP contribution >= 0.6 is 11.3 Å². The third-order valence-electron chi connectivity index (χ3n) is 2.90. The number of rotatable bonds is 3. The molecule has 5 heteroatoms. The van der Waals surface area contributed by atoms with E-state index < -0.39 is 0 Å². The summed E-state index contributed by atoms with van der Waals surface area (Å²) in [6.45, 7) is 4.67. The number of aryl methyl sites for hydroxylation is 1. The predicted molar refractivity (Wildman–Crippen MR) is 64.8 cm³/mol. The summed E-state index contributed by atoms with van der Waals surface area (Å²) < 4.78 is 0. The molecule has 1 atom stereocenters. The first-order valence-corrected chi connectivity index (χ1v) is 6.38. The van der Waals surface area contributed by atoms with Crippen molar-refractivity contribution < 1.29 is 4.79 Å². The molecule has 1 unspecified atom stereocenters. The maximum absolute atomic E-state index is 12.1. The number of thiazole rings is 1. The molecule has 0 radical (unpaired) electrons. The van der Waals surface area contributed by atoms with E-state index in [0.717, 1.165) is 35.9 Å². The van der Waals surface area contributed by atoms with Crippen LogP contribution in [0, 0.1) is 12.8 Å². The number of nitrogens with zero attached hydrogens (tertiary/aromatic N) is 2. The molecule has 2 heterocycles. The molecule has 0 bridgehead atoms. The van der Waals surface area contributed by atoms with E-state index in [2.05, 4.69) is 10.3 Å². The topological polar surface area (TPSA) is 45.2 Å². The number of likely N-dealkylation sites (tertiary alicyclic amines) is 1. The zero-order chi connectivity index (χ0) is 11.5. The third-order valence-corrected chi connectivity index (χ3v) is 3.80. The molecule has 88 valence electrons. The molecule has 0 aromatic carbocycles. The summed E-state index contributed by atoms with van der Waals surface area (Å²) >= 11 is 1.48. The number of carbonyl (C=O) groups is 1. The molecular formula is C11H17N3OS. The second-order valence-electron chi connectivity index (χ2n) is 4.21. The molecule has 1 amide bonds. The van der Waals surface area contributed by atoms with Crippen LogP contribution in [0.2, 0.25) is 0 Å². The van der Waals surface area contributed by atoms with Gasteiger partial charge in [-0.05, 0) is 32.9 Å². The van der Waals surface area contributed by atoms with Crippen molar-refractivity contribution in [1.29, 1.82) is 0 Å². The summed E-state index contributed by atoms with van der Waals surface area (Å²) in [6, 6.07) is 0. The molecule has 1 saturated heterocycles. The molecule has 1 aliphatic heterocycles. The first-order valence-electron chi connectivity index (χ1n) is 5.57. The van der Waals surface area contributed by atoms with E-state index in [1.165, 1.54) is 11.3 Å². The van der Waals surface area contributed by atoms with Crippen molar-refractivity contribution in [2.75, 3.05) is 26.7 Å². The summed E-state index contributed by atoms with van der Waals surface area (Å²) in [5.41, 5.74) is 0. The molecule has 1 aromatic rings. The summed E-state index contributed by atoms with van der Waals surface area (Å²) in [4.78, 5) is 18.9. The summed E-state index contributed by atoms with van der Waals surface area (Å²) in [6.07, 6.45) is 2.79. The van der Waals surface area contributed by atoms with Gasteiger partial charge in [-0.2, -0.15) is 0 Å². The Bertz CT molecular complexity index is 377. The summed E-state index contributed by atoms with van der Waals surface area (Å²) in [5, 5.41) is 4.12. The number of amides is 1. The minimum Gasteiger partial charge on any atom is -0.338 e. The van der Waals surface area contributed by atoms with E-state index in [0.29, 0.717) is 5.92 Å². The van der Waals surface area contributed by atoms with Crippen LogP contribution < -0.4 is 5.32 Å². The van der Waals surface area contributed by atoms with Crippen LogP contribution in [0.3, 0.4) is 0 Å². The van der Waals surface area contributed by atoms with Gasteiger partial charge < -0.3 is 10.2 Å². The lowest BCUT2D eigenvalue weighted by molar-refractivity contribution is 0.0792. The Kier molecular flexibility index (Phi) is 3.56. The Labute approximate surface area is 99.7 Å². The van der Waals surface area contributed by atoms with Gasteiger partial charge in [-0.1, -0.05) is 0 Å². The van der Waals surface area contributed by atoms with Gasteiger partial charge in [-0.15, -0.1) is 11.3 Å².